The molecule has 0 spiro atoms. The Labute approximate surface area is 92.4 Å². The number of nitrogens with two attached hydrogens (primary N) is 1. The minimum Gasteiger partial charge on any atom is -0.323 e. The van der Waals surface area contributed by atoms with E-state index in [0.717, 1.165) is 11.4 Å². The molecule has 2 rings (SSSR count). The van der Waals surface area contributed by atoms with Gasteiger partial charge in [0.25, 0.3) is 5.82 Å². The largest absolute Gasteiger partial charge is 0.323 e. The van der Waals surface area contributed by atoms with Crippen LogP contribution in [0.1, 0.15) is 24.5 Å². The number of nitrogens with zero attached hydrogens (tertiary/aromatic N) is 5. The van der Waals surface area contributed by atoms with E-state index in [4.69, 9.17) is 11.0 Å². The van der Waals surface area contributed by atoms with Crippen LogP contribution < -0.4 is 5.73 Å². The Balaban J connectivity index is 2.31. The summed E-state index contributed by atoms with van der Waals surface area (Å²) < 4.78 is 1.50. The first-order chi connectivity index (χ1) is 7.70. The van der Waals surface area contributed by atoms with Crippen LogP contribution in [0.2, 0.25) is 0 Å². The van der Waals surface area contributed by atoms with Crippen molar-refractivity contribution in [3.8, 4) is 11.8 Å². The van der Waals surface area contributed by atoms with Crippen LogP contribution in [0.15, 0.2) is 24.7 Å². The van der Waals surface area contributed by atoms with Gasteiger partial charge in [-0.05, 0) is 19.1 Å². The minimum atomic E-state index is -0.0977. The maximum absolute atomic E-state index is 8.59. The van der Waals surface area contributed by atoms with Gasteiger partial charge in [0.2, 0.25) is 0 Å². The molecule has 6 nitrogen and oxygen atoms in total. The van der Waals surface area contributed by atoms with Gasteiger partial charge in [-0.1, -0.05) is 0 Å². The fourth-order valence-corrected chi connectivity index (χ4v) is 1.24. The molecule has 2 N–H and O–H groups in total. The van der Waals surface area contributed by atoms with Crippen molar-refractivity contribution < 1.29 is 0 Å². The molecule has 0 aliphatic heterocycles. The molecule has 2 heterocycles. The lowest BCUT2D eigenvalue weighted by Gasteiger charge is -2.05. The van der Waals surface area contributed by atoms with Gasteiger partial charge in [0, 0.05) is 6.04 Å². The predicted octanol–water partition coefficient (Wildman–Crippen LogP) is 0.554. The third-order valence-electron chi connectivity index (χ3n) is 2.09. The summed E-state index contributed by atoms with van der Waals surface area (Å²) in [5.74, 6) is 0.135. The van der Waals surface area contributed by atoms with E-state index in [1.165, 1.54) is 11.0 Å². The number of hydrogen-bond acceptors (Lipinski definition) is 5. The monoisotopic (exact) mass is 214 g/mol. The van der Waals surface area contributed by atoms with Gasteiger partial charge in [-0.2, -0.15) is 5.26 Å². The molecule has 0 bridgehead atoms. The second-order valence-corrected chi connectivity index (χ2v) is 3.35. The summed E-state index contributed by atoms with van der Waals surface area (Å²) in [6, 6.07) is 5.43. The molecule has 0 saturated carbocycles. The van der Waals surface area contributed by atoms with Crippen LogP contribution in [0.5, 0.6) is 0 Å². The molecule has 0 amide bonds. The minimum absolute atomic E-state index is 0.0977. The van der Waals surface area contributed by atoms with Crippen molar-refractivity contribution in [3.63, 3.8) is 0 Å². The SMILES string of the molecule is CC(N)c1ccc(-n2cnc(C#N)n2)cn1. The highest BCUT2D eigenvalue weighted by Gasteiger charge is 2.04. The molecule has 1 unspecified atom stereocenters. The fraction of sp³-hybridized carbons (Fsp3) is 0.200. The van der Waals surface area contributed by atoms with E-state index in [2.05, 4.69) is 15.1 Å². The lowest BCUT2D eigenvalue weighted by atomic mass is 10.2. The van der Waals surface area contributed by atoms with Crippen molar-refractivity contribution >= 4 is 0 Å². The first kappa shape index (κ1) is 10.3. The number of hydrogen-bond donors (Lipinski definition) is 1. The summed E-state index contributed by atoms with van der Waals surface area (Å²) >= 11 is 0. The summed E-state index contributed by atoms with van der Waals surface area (Å²) in [4.78, 5) is 8.00. The van der Waals surface area contributed by atoms with E-state index >= 15 is 0 Å². The van der Waals surface area contributed by atoms with E-state index in [0.29, 0.717) is 0 Å². The Bertz CT molecular complexity index is 519. The summed E-state index contributed by atoms with van der Waals surface area (Å²) in [6.45, 7) is 1.87. The summed E-state index contributed by atoms with van der Waals surface area (Å²) in [7, 11) is 0. The zero-order chi connectivity index (χ0) is 11.5. The average Bonchev–Trinajstić information content (AvgIpc) is 2.77. The van der Waals surface area contributed by atoms with Gasteiger partial charge in [0.15, 0.2) is 0 Å². The molecular weight excluding hydrogens is 204 g/mol. The highest BCUT2D eigenvalue weighted by atomic mass is 15.3. The van der Waals surface area contributed by atoms with E-state index in [-0.39, 0.29) is 11.9 Å². The van der Waals surface area contributed by atoms with Crippen molar-refractivity contribution in [1.82, 2.24) is 19.7 Å². The molecule has 2 aromatic heterocycles. The molecule has 0 aromatic carbocycles. The number of nitriles is 1. The van der Waals surface area contributed by atoms with Crippen molar-refractivity contribution in [2.45, 2.75) is 13.0 Å². The Kier molecular flexibility index (Phi) is 2.62. The first-order valence-electron chi connectivity index (χ1n) is 4.74. The molecular formula is C10H10N6. The van der Waals surface area contributed by atoms with E-state index < -0.39 is 0 Å². The van der Waals surface area contributed by atoms with Gasteiger partial charge in [0.1, 0.15) is 12.4 Å². The Morgan fingerprint density at radius 3 is 2.75 bits per heavy atom. The van der Waals surface area contributed by atoms with Crippen LogP contribution in [0.3, 0.4) is 0 Å². The Hall–Kier alpha value is -2.26. The van der Waals surface area contributed by atoms with E-state index in [9.17, 15) is 0 Å². The highest BCUT2D eigenvalue weighted by molar-refractivity contribution is 5.29. The van der Waals surface area contributed by atoms with E-state index in [1.54, 1.807) is 6.20 Å². The smallest absolute Gasteiger partial charge is 0.252 e. The highest BCUT2D eigenvalue weighted by Crippen LogP contribution is 2.09. The van der Waals surface area contributed by atoms with E-state index in [1.807, 2.05) is 25.1 Å². The topological polar surface area (TPSA) is 93.4 Å². The van der Waals surface area contributed by atoms with Crippen LogP contribution in [0.25, 0.3) is 5.69 Å². The second kappa shape index (κ2) is 4.08. The molecule has 0 aliphatic rings. The Morgan fingerprint density at radius 2 is 2.25 bits per heavy atom. The molecule has 1 atom stereocenters. The molecule has 6 heteroatoms. The van der Waals surface area contributed by atoms with Crippen molar-refractivity contribution in [2.24, 2.45) is 5.73 Å². The quantitative estimate of drug-likeness (QED) is 0.788. The zero-order valence-electron chi connectivity index (χ0n) is 8.70. The molecule has 0 radical (unpaired) electrons. The maximum atomic E-state index is 8.59. The maximum Gasteiger partial charge on any atom is 0.252 e. The van der Waals surface area contributed by atoms with Gasteiger partial charge in [0.05, 0.1) is 17.6 Å². The summed E-state index contributed by atoms with van der Waals surface area (Å²) in [5.41, 5.74) is 7.25. The lowest BCUT2D eigenvalue weighted by molar-refractivity contribution is 0.774. The van der Waals surface area contributed by atoms with Gasteiger partial charge in [-0.25, -0.2) is 9.67 Å². The zero-order valence-corrected chi connectivity index (χ0v) is 8.70. The summed E-state index contributed by atoms with van der Waals surface area (Å²) in [6.07, 6.45) is 3.12. The number of rotatable bonds is 2. The van der Waals surface area contributed by atoms with Crippen molar-refractivity contribution in [2.75, 3.05) is 0 Å². The van der Waals surface area contributed by atoms with Gasteiger partial charge >= 0.3 is 0 Å². The lowest BCUT2D eigenvalue weighted by Crippen LogP contribution is -2.07. The van der Waals surface area contributed by atoms with Crippen LogP contribution in [-0.4, -0.2) is 19.7 Å². The number of pyridine rings is 1. The van der Waals surface area contributed by atoms with Gasteiger partial charge in [-0.3, -0.25) is 4.98 Å². The molecule has 0 fully saturated rings. The van der Waals surface area contributed by atoms with Crippen LogP contribution >= 0.6 is 0 Å². The summed E-state index contributed by atoms with van der Waals surface area (Å²) in [5, 5.41) is 12.5. The molecule has 80 valence electrons. The standard InChI is InChI=1S/C10H10N6/c1-7(12)9-3-2-8(5-13-9)16-6-14-10(4-11)15-16/h2-3,5-7H,12H2,1H3. The predicted molar refractivity (Wildman–Crippen MR) is 56.5 cm³/mol. The van der Waals surface area contributed by atoms with Crippen LogP contribution in [0, 0.1) is 11.3 Å². The average molecular weight is 214 g/mol. The van der Waals surface area contributed by atoms with Gasteiger partial charge < -0.3 is 5.73 Å². The van der Waals surface area contributed by atoms with Crippen LogP contribution in [0.4, 0.5) is 0 Å². The normalized spacial score (nSPS) is 12.1. The van der Waals surface area contributed by atoms with Crippen LogP contribution in [-0.2, 0) is 0 Å². The molecule has 16 heavy (non-hydrogen) atoms. The number of aromatic nitrogens is 4. The molecule has 0 saturated heterocycles. The molecule has 2 aromatic rings. The Morgan fingerprint density at radius 1 is 1.44 bits per heavy atom. The molecule has 0 aliphatic carbocycles. The third kappa shape index (κ3) is 1.89. The third-order valence-corrected chi connectivity index (χ3v) is 2.09. The van der Waals surface area contributed by atoms with Gasteiger partial charge in [-0.15, -0.1) is 5.10 Å². The van der Waals surface area contributed by atoms with Crippen molar-refractivity contribution in [1.29, 1.82) is 5.26 Å². The van der Waals surface area contributed by atoms with Crippen molar-refractivity contribution in [3.05, 3.63) is 36.2 Å². The first-order valence-corrected chi connectivity index (χ1v) is 4.74. The fourth-order valence-electron chi connectivity index (χ4n) is 1.24. The second-order valence-electron chi connectivity index (χ2n) is 3.35.